The molecule has 2 unspecified atom stereocenters. The molecule has 8 nitrogen and oxygen atoms in total. The van der Waals surface area contributed by atoms with Gasteiger partial charge in [-0.15, -0.1) is 0 Å². The van der Waals surface area contributed by atoms with Crippen LogP contribution in [-0.2, 0) is 20.6 Å². The molecule has 302 valence electrons. The van der Waals surface area contributed by atoms with Crippen LogP contribution in [0, 0.1) is 13.8 Å². The quantitative estimate of drug-likeness (QED) is 0.142. The van der Waals surface area contributed by atoms with Crippen molar-refractivity contribution < 1.29 is 27.7 Å². The maximum atomic E-state index is 12.6. The van der Waals surface area contributed by atoms with Crippen molar-refractivity contribution in [3.63, 3.8) is 0 Å². The summed E-state index contributed by atoms with van der Waals surface area (Å²) >= 11 is 12.3. The number of nitrogens with zero attached hydrogens (tertiary/aromatic N) is 2. The Bertz CT molecular complexity index is 2550. The molecule has 2 aliphatic rings. The van der Waals surface area contributed by atoms with E-state index >= 15 is 0 Å². The van der Waals surface area contributed by atoms with Crippen molar-refractivity contribution in [2.24, 2.45) is 21.5 Å². The average molecular weight is 836 g/mol. The zero-order chi connectivity index (χ0) is 41.7. The Kier molecular flexibility index (Phi) is 12.1. The molecular formula is C47H42Cl2F2N4O4. The number of amidine groups is 2. The van der Waals surface area contributed by atoms with E-state index in [1.165, 1.54) is 6.07 Å². The second-order valence-electron chi connectivity index (χ2n) is 14.2. The highest BCUT2D eigenvalue weighted by atomic mass is 35.5. The number of ether oxygens (including phenoxy) is 4. The van der Waals surface area contributed by atoms with Crippen molar-refractivity contribution >= 4 is 35.2 Å². The first kappa shape index (κ1) is 41.1. The van der Waals surface area contributed by atoms with Crippen LogP contribution in [0.3, 0.4) is 0 Å². The monoisotopic (exact) mass is 834 g/mol. The topological polar surface area (TPSA) is 114 Å². The molecule has 2 atom stereocenters. The number of rotatable bonds is 10. The molecule has 8 rings (SSSR count). The number of hydrogen-bond acceptors (Lipinski definition) is 8. The summed E-state index contributed by atoms with van der Waals surface area (Å²) in [7, 11) is 0. The molecule has 0 aromatic heterocycles. The minimum atomic E-state index is -2.89. The van der Waals surface area contributed by atoms with Gasteiger partial charge in [-0.3, -0.25) is 0 Å². The van der Waals surface area contributed by atoms with Crippen LogP contribution in [0.4, 0.5) is 8.78 Å². The second kappa shape index (κ2) is 17.4. The Hall–Kier alpha value is -6.10. The van der Waals surface area contributed by atoms with Crippen molar-refractivity contribution in [3.05, 3.63) is 177 Å². The standard InChI is InChI=1S/C24H23ClN2O2.C23H19ClF2N2O2/c1-3-28-22-11-10-20(12-16(22)2)24(15-29-23(26)27-24)19-8-4-6-17(13-19)18-7-5-9-21(25)14-18;1-14-10-18(8-9-20(14)30-21(25)26)23(13-29-22(27)28-23)17-6-2-4-15(11-17)16-5-3-7-19(24)12-16/h4-14H,3,15H2,1-2H3,(H2,26,27);2-12,21H,13H2,1H3,(H2,27,28). The van der Waals surface area contributed by atoms with E-state index in [1.807, 2.05) is 105 Å². The number of halogens is 4. The van der Waals surface area contributed by atoms with Gasteiger partial charge in [0.05, 0.1) is 6.61 Å². The van der Waals surface area contributed by atoms with Crippen LogP contribution in [0.15, 0.2) is 143 Å². The van der Waals surface area contributed by atoms with Crippen molar-refractivity contribution in [1.29, 1.82) is 0 Å². The Morgan fingerprint density at radius 3 is 1.37 bits per heavy atom. The summed E-state index contributed by atoms with van der Waals surface area (Å²) in [6.45, 7) is 4.01. The predicted octanol–water partition coefficient (Wildman–Crippen LogP) is 10.8. The number of aliphatic imine (C=N–C) groups is 2. The van der Waals surface area contributed by atoms with Crippen LogP contribution in [0.2, 0.25) is 10.0 Å². The van der Waals surface area contributed by atoms with Crippen LogP contribution in [-0.4, -0.2) is 38.5 Å². The molecule has 0 fully saturated rings. The average Bonchev–Trinajstić information content (AvgIpc) is 3.83. The fourth-order valence-corrected chi connectivity index (χ4v) is 7.77. The highest BCUT2D eigenvalue weighted by Crippen LogP contribution is 2.42. The van der Waals surface area contributed by atoms with E-state index in [0.717, 1.165) is 55.8 Å². The highest BCUT2D eigenvalue weighted by molar-refractivity contribution is 6.31. The van der Waals surface area contributed by atoms with Gasteiger partial charge < -0.3 is 30.4 Å². The number of benzene rings is 6. The van der Waals surface area contributed by atoms with Gasteiger partial charge >= 0.3 is 6.61 Å². The van der Waals surface area contributed by atoms with Crippen molar-refractivity contribution in [1.82, 2.24) is 0 Å². The van der Waals surface area contributed by atoms with E-state index in [9.17, 15) is 8.78 Å². The minimum absolute atomic E-state index is 0.0775. The Morgan fingerprint density at radius 2 is 1.00 bits per heavy atom. The normalized spacial score (nSPS) is 18.2. The molecular weight excluding hydrogens is 793 g/mol. The largest absolute Gasteiger partial charge is 0.494 e. The molecule has 0 saturated carbocycles. The zero-order valence-corrected chi connectivity index (χ0v) is 34.1. The first-order valence-electron chi connectivity index (χ1n) is 18.9. The maximum Gasteiger partial charge on any atom is 0.387 e. The van der Waals surface area contributed by atoms with E-state index in [1.54, 1.807) is 19.1 Å². The van der Waals surface area contributed by atoms with Gasteiger partial charge in [-0.05, 0) is 137 Å². The maximum absolute atomic E-state index is 12.6. The summed E-state index contributed by atoms with van der Waals surface area (Å²) in [5, 5.41) is 1.35. The molecule has 0 saturated heterocycles. The van der Waals surface area contributed by atoms with E-state index in [0.29, 0.717) is 28.8 Å². The smallest absolute Gasteiger partial charge is 0.387 e. The summed E-state index contributed by atoms with van der Waals surface area (Å²) in [5.74, 6) is 0.988. The Balaban J connectivity index is 0.000000179. The molecule has 6 aromatic carbocycles. The Morgan fingerprint density at radius 1 is 0.593 bits per heavy atom. The van der Waals surface area contributed by atoms with E-state index < -0.39 is 17.7 Å². The molecule has 0 spiro atoms. The minimum Gasteiger partial charge on any atom is -0.494 e. The SMILES string of the molecule is CCOc1ccc(C2(c3cccc(-c4cccc(Cl)c4)c3)COC(N)=N2)cc1C.Cc1cc(C2(c3cccc(-c4cccc(Cl)c4)c3)COC(N)=N2)ccc1OC(F)F. The molecule has 12 heteroatoms. The first-order chi connectivity index (χ1) is 28.4. The lowest BCUT2D eigenvalue weighted by Gasteiger charge is -2.26. The molecule has 6 aromatic rings. The van der Waals surface area contributed by atoms with E-state index in [-0.39, 0.29) is 24.4 Å². The van der Waals surface area contributed by atoms with Gasteiger partial charge in [-0.2, -0.15) is 8.78 Å². The highest BCUT2D eigenvalue weighted by Gasteiger charge is 2.42. The summed E-state index contributed by atoms with van der Waals surface area (Å²) in [6, 6.07) is 42.9. The molecule has 2 heterocycles. The van der Waals surface area contributed by atoms with Gasteiger partial charge in [0.1, 0.15) is 24.7 Å². The van der Waals surface area contributed by atoms with Gasteiger partial charge in [0.15, 0.2) is 11.1 Å². The van der Waals surface area contributed by atoms with Crippen molar-refractivity contribution in [2.45, 2.75) is 38.5 Å². The summed E-state index contributed by atoms with van der Waals surface area (Å²) in [6.07, 6.45) is 0. The molecule has 2 aliphatic heterocycles. The lowest BCUT2D eigenvalue weighted by Crippen LogP contribution is -2.27. The number of nitrogens with two attached hydrogens (primary N) is 2. The second-order valence-corrected chi connectivity index (χ2v) is 15.0. The summed E-state index contributed by atoms with van der Waals surface area (Å²) in [4.78, 5) is 9.34. The number of hydrogen-bond donors (Lipinski definition) is 2. The molecule has 0 bridgehead atoms. The van der Waals surface area contributed by atoms with Gasteiger partial charge in [0.2, 0.25) is 0 Å². The molecule has 0 amide bonds. The predicted molar refractivity (Wildman–Crippen MR) is 231 cm³/mol. The number of aryl methyl sites for hydroxylation is 2. The van der Waals surface area contributed by atoms with Crippen LogP contribution < -0.4 is 20.9 Å². The molecule has 59 heavy (non-hydrogen) atoms. The lowest BCUT2D eigenvalue weighted by atomic mass is 9.82. The third-order valence-electron chi connectivity index (χ3n) is 10.3. The fraction of sp³-hybridized carbons (Fsp3) is 0.191. The third-order valence-corrected chi connectivity index (χ3v) is 10.7. The van der Waals surface area contributed by atoms with Crippen LogP contribution in [0.25, 0.3) is 22.3 Å². The third kappa shape index (κ3) is 8.84. The van der Waals surface area contributed by atoms with Crippen LogP contribution in [0.1, 0.15) is 40.3 Å². The van der Waals surface area contributed by atoms with Gasteiger partial charge in [0.25, 0.3) is 12.0 Å². The van der Waals surface area contributed by atoms with Crippen molar-refractivity contribution in [3.8, 4) is 33.8 Å². The van der Waals surface area contributed by atoms with Gasteiger partial charge in [-0.1, -0.05) is 96.0 Å². The van der Waals surface area contributed by atoms with Gasteiger partial charge in [-0.25, -0.2) is 9.98 Å². The lowest BCUT2D eigenvalue weighted by molar-refractivity contribution is -0.0503. The van der Waals surface area contributed by atoms with Crippen LogP contribution in [0.5, 0.6) is 11.5 Å². The summed E-state index contributed by atoms with van der Waals surface area (Å²) < 4.78 is 46.7. The van der Waals surface area contributed by atoms with E-state index in [2.05, 4.69) is 34.0 Å². The van der Waals surface area contributed by atoms with E-state index in [4.69, 9.17) is 53.9 Å². The Labute approximate surface area is 352 Å². The number of alkyl halides is 2. The molecule has 4 N–H and O–H groups in total. The van der Waals surface area contributed by atoms with Crippen LogP contribution >= 0.6 is 23.2 Å². The fourth-order valence-electron chi connectivity index (χ4n) is 7.39. The molecule has 0 radical (unpaired) electrons. The van der Waals surface area contributed by atoms with Crippen molar-refractivity contribution in [2.75, 3.05) is 19.8 Å². The molecule has 0 aliphatic carbocycles. The zero-order valence-electron chi connectivity index (χ0n) is 32.6. The first-order valence-corrected chi connectivity index (χ1v) is 19.6. The van der Waals surface area contributed by atoms with Gasteiger partial charge in [0, 0.05) is 10.0 Å². The summed E-state index contributed by atoms with van der Waals surface area (Å²) in [5.41, 5.74) is 19.6.